The van der Waals surface area contributed by atoms with E-state index < -0.39 is 31.4 Å². The second kappa shape index (κ2) is 18.4. The molecule has 2 N–H and O–H groups in total. The van der Waals surface area contributed by atoms with Crippen molar-refractivity contribution in [3.63, 3.8) is 0 Å². The first-order chi connectivity index (χ1) is 27.0. The lowest BCUT2D eigenvalue weighted by atomic mass is 9.99. The normalized spacial score (nSPS) is 13.4. The van der Waals surface area contributed by atoms with Gasteiger partial charge in [-0.3, -0.25) is 19.8 Å². The number of hydrogen-bond donors (Lipinski definition) is 2. The van der Waals surface area contributed by atoms with Gasteiger partial charge in [0.15, 0.2) is 0 Å². The van der Waals surface area contributed by atoms with E-state index in [4.69, 9.17) is 16.3 Å². The minimum absolute atomic E-state index is 0.0101. The molecule has 1 amide bonds. The molecule has 5 aromatic rings. The number of amides is 1. The van der Waals surface area contributed by atoms with E-state index in [-0.39, 0.29) is 17.0 Å². The summed E-state index contributed by atoms with van der Waals surface area (Å²) >= 11 is 6.14. The highest BCUT2D eigenvalue weighted by Crippen LogP contribution is 2.33. The Labute approximate surface area is 332 Å². The van der Waals surface area contributed by atoms with E-state index in [1.807, 2.05) is 50.5 Å². The third-order valence-electron chi connectivity index (χ3n) is 9.54. The third kappa shape index (κ3) is 10.4. The number of halogens is 1. The summed E-state index contributed by atoms with van der Waals surface area (Å²) in [4.78, 5) is 31.2. The Kier molecular flexibility index (Phi) is 13.2. The van der Waals surface area contributed by atoms with Crippen LogP contribution in [0.25, 0.3) is 11.1 Å². The van der Waals surface area contributed by atoms with Gasteiger partial charge in [-0.1, -0.05) is 66.2 Å². The predicted molar refractivity (Wildman–Crippen MR) is 221 cm³/mol. The largest absolute Gasteiger partial charge is 0.456 e. The van der Waals surface area contributed by atoms with Gasteiger partial charge in [0.1, 0.15) is 17.2 Å². The SMILES string of the molecule is CN(C)CCCCNc1ccc(S(=O)(=O)NC(=O)c2ccc(N3CCN(Cc4ccccc4-c4ccc(Cl)cc4)CC3)cc2Oc2ccccc2)cc1[N+](=O)[O-]. The van der Waals surface area contributed by atoms with Crippen molar-refractivity contribution in [2.24, 2.45) is 0 Å². The van der Waals surface area contributed by atoms with Crippen molar-refractivity contribution in [1.82, 2.24) is 14.5 Å². The molecule has 1 saturated heterocycles. The van der Waals surface area contributed by atoms with Crippen molar-refractivity contribution in [1.29, 1.82) is 0 Å². The van der Waals surface area contributed by atoms with Crippen molar-refractivity contribution in [3.05, 3.63) is 142 Å². The molecule has 6 rings (SSSR count). The van der Waals surface area contributed by atoms with E-state index in [1.54, 1.807) is 42.5 Å². The summed E-state index contributed by atoms with van der Waals surface area (Å²) in [6, 6.07) is 33.7. The van der Waals surface area contributed by atoms with Crippen LogP contribution in [0.3, 0.4) is 0 Å². The third-order valence-corrected chi connectivity index (χ3v) is 11.1. The van der Waals surface area contributed by atoms with Gasteiger partial charge in [-0.05, 0) is 98.7 Å². The summed E-state index contributed by atoms with van der Waals surface area (Å²) in [7, 11) is -0.569. The molecular weight excluding hydrogens is 752 g/mol. The number of sulfonamides is 1. The number of nitro groups is 1. The molecule has 0 radical (unpaired) electrons. The summed E-state index contributed by atoms with van der Waals surface area (Å²) in [6.07, 6.45) is 1.66. The van der Waals surface area contributed by atoms with Gasteiger partial charge in [-0.25, -0.2) is 13.1 Å². The molecule has 14 heteroatoms. The van der Waals surface area contributed by atoms with Gasteiger partial charge in [-0.2, -0.15) is 0 Å². The lowest BCUT2D eigenvalue weighted by molar-refractivity contribution is -0.384. The Hall–Kier alpha value is -5.47. The first kappa shape index (κ1) is 40.2. The Balaban J connectivity index is 1.16. The topological polar surface area (TPSA) is 137 Å². The number of para-hydroxylation sites is 1. The van der Waals surface area contributed by atoms with Crippen LogP contribution < -0.4 is 19.7 Å². The number of benzene rings is 5. The summed E-state index contributed by atoms with van der Waals surface area (Å²) in [6.45, 7) is 5.15. The molecule has 0 atom stereocenters. The van der Waals surface area contributed by atoms with Crippen LogP contribution in [-0.2, 0) is 16.6 Å². The number of carbonyl (C=O) groups excluding carboxylic acids is 1. The molecule has 1 fully saturated rings. The smallest absolute Gasteiger partial charge is 0.293 e. The van der Waals surface area contributed by atoms with Crippen LogP contribution in [0.2, 0.25) is 5.02 Å². The number of piperazine rings is 1. The molecule has 0 aliphatic carbocycles. The van der Waals surface area contributed by atoms with Crippen LogP contribution in [0.5, 0.6) is 11.5 Å². The molecule has 292 valence electrons. The Morgan fingerprint density at radius 3 is 2.30 bits per heavy atom. The van der Waals surface area contributed by atoms with Crippen LogP contribution in [0, 0.1) is 10.1 Å². The fourth-order valence-electron chi connectivity index (χ4n) is 6.56. The van der Waals surface area contributed by atoms with Gasteiger partial charge < -0.3 is 19.9 Å². The van der Waals surface area contributed by atoms with Gasteiger partial charge in [0.25, 0.3) is 21.6 Å². The second-order valence-electron chi connectivity index (χ2n) is 13.8. The molecule has 1 aliphatic heterocycles. The summed E-state index contributed by atoms with van der Waals surface area (Å²) < 4.78 is 35.2. The maximum absolute atomic E-state index is 13.7. The molecule has 0 bridgehead atoms. The van der Waals surface area contributed by atoms with Gasteiger partial charge in [0.2, 0.25) is 0 Å². The van der Waals surface area contributed by atoms with Crippen molar-refractivity contribution < 1.29 is 22.9 Å². The lowest BCUT2D eigenvalue weighted by Crippen LogP contribution is -2.46. The first-order valence-corrected chi connectivity index (χ1v) is 20.3. The highest BCUT2D eigenvalue weighted by molar-refractivity contribution is 7.90. The molecule has 56 heavy (non-hydrogen) atoms. The molecule has 5 aromatic carbocycles. The van der Waals surface area contributed by atoms with E-state index in [9.17, 15) is 23.3 Å². The van der Waals surface area contributed by atoms with Gasteiger partial charge in [-0.15, -0.1) is 0 Å². The number of nitrogens with one attached hydrogen (secondary N) is 2. The zero-order chi connectivity index (χ0) is 39.7. The minimum Gasteiger partial charge on any atom is -0.456 e. The maximum atomic E-state index is 13.7. The van der Waals surface area contributed by atoms with Crippen LogP contribution in [-0.4, -0.2) is 82.4 Å². The fourth-order valence-corrected chi connectivity index (χ4v) is 7.67. The number of ether oxygens (including phenoxy) is 1. The summed E-state index contributed by atoms with van der Waals surface area (Å²) in [5.74, 6) is -0.302. The van der Waals surface area contributed by atoms with Crippen molar-refractivity contribution in [3.8, 4) is 22.6 Å². The number of carbonyl (C=O) groups is 1. The van der Waals surface area contributed by atoms with E-state index >= 15 is 0 Å². The fraction of sp³-hybridized carbons (Fsp3) is 0.262. The molecule has 12 nitrogen and oxygen atoms in total. The summed E-state index contributed by atoms with van der Waals surface area (Å²) in [5.41, 5.74) is 4.10. The van der Waals surface area contributed by atoms with E-state index in [0.717, 1.165) is 56.3 Å². The van der Waals surface area contributed by atoms with Crippen LogP contribution in [0.15, 0.2) is 120 Å². The Morgan fingerprint density at radius 2 is 1.59 bits per heavy atom. The van der Waals surface area contributed by atoms with Crippen LogP contribution >= 0.6 is 11.6 Å². The zero-order valence-electron chi connectivity index (χ0n) is 31.4. The molecule has 0 spiro atoms. The zero-order valence-corrected chi connectivity index (χ0v) is 32.9. The minimum atomic E-state index is -4.51. The summed E-state index contributed by atoms with van der Waals surface area (Å²) in [5, 5.41) is 15.7. The van der Waals surface area contributed by atoms with Gasteiger partial charge in [0.05, 0.1) is 15.4 Å². The van der Waals surface area contributed by atoms with E-state index in [1.165, 1.54) is 23.3 Å². The maximum Gasteiger partial charge on any atom is 0.293 e. The molecule has 0 unspecified atom stereocenters. The predicted octanol–water partition coefficient (Wildman–Crippen LogP) is 7.90. The average Bonchev–Trinajstić information content (AvgIpc) is 3.18. The highest BCUT2D eigenvalue weighted by atomic mass is 35.5. The molecule has 1 aliphatic rings. The Bertz CT molecular complexity index is 2250. The lowest BCUT2D eigenvalue weighted by Gasteiger charge is -2.36. The van der Waals surface area contributed by atoms with Crippen LogP contribution in [0.1, 0.15) is 28.8 Å². The van der Waals surface area contributed by atoms with Crippen molar-refractivity contribution in [2.45, 2.75) is 24.3 Å². The van der Waals surface area contributed by atoms with Crippen molar-refractivity contribution in [2.75, 3.05) is 63.6 Å². The average molecular weight is 797 g/mol. The van der Waals surface area contributed by atoms with Gasteiger partial charge in [0, 0.05) is 62.1 Å². The second-order valence-corrected chi connectivity index (χ2v) is 15.9. The number of anilines is 2. The number of nitro benzene ring substituents is 1. The number of rotatable bonds is 16. The number of nitrogens with zero attached hydrogens (tertiary/aromatic N) is 4. The molecular formula is C42H45ClN6O6S. The molecule has 0 aromatic heterocycles. The quantitative estimate of drug-likeness (QED) is 0.0576. The van der Waals surface area contributed by atoms with E-state index in [0.29, 0.717) is 30.4 Å². The standard InChI is InChI=1S/C42H45ClN6O6S/c1-46(2)23-9-8-22-44-39-21-19-36(29-40(39)49(51)52)56(53,54)45-42(50)38-20-18-34(28-41(38)55-35-11-4-3-5-12-35)48-26-24-47(25-27-48)30-32-10-6-7-13-37(32)31-14-16-33(43)17-15-31/h3-7,10-21,28-29,44H,8-9,22-27,30H2,1-2H3,(H,45,50). The van der Waals surface area contributed by atoms with E-state index in [2.05, 4.69) is 42.9 Å². The monoisotopic (exact) mass is 796 g/mol. The van der Waals surface area contributed by atoms with Crippen molar-refractivity contribution >= 4 is 44.6 Å². The first-order valence-electron chi connectivity index (χ1n) is 18.4. The number of unbranched alkanes of at least 4 members (excludes halogenated alkanes) is 1. The van der Waals surface area contributed by atoms with Gasteiger partial charge >= 0.3 is 0 Å². The molecule has 0 saturated carbocycles. The number of hydrogen-bond acceptors (Lipinski definition) is 10. The highest BCUT2D eigenvalue weighted by Gasteiger charge is 2.27. The van der Waals surface area contributed by atoms with Crippen LogP contribution in [0.4, 0.5) is 17.1 Å². The molecule has 1 heterocycles. The Morgan fingerprint density at radius 1 is 0.875 bits per heavy atom.